The van der Waals surface area contributed by atoms with Crippen molar-refractivity contribution >= 4 is 5.91 Å². The van der Waals surface area contributed by atoms with Gasteiger partial charge >= 0.3 is 0 Å². The first kappa shape index (κ1) is 20.2. The number of amides is 1. The maximum absolute atomic E-state index is 12.6. The quantitative estimate of drug-likeness (QED) is 0.723. The van der Waals surface area contributed by atoms with Crippen LogP contribution in [0.25, 0.3) is 0 Å². The molecular formula is C22H35NO6. The van der Waals surface area contributed by atoms with Gasteiger partial charge in [0.1, 0.15) is 0 Å². The highest BCUT2D eigenvalue weighted by Crippen LogP contribution is 2.60. The molecule has 8 atom stereocenters. The summed E-state index contributed by atoms with van der Waals surface area (Å²) < 4.78 is 18.3. The Bertz CT molecular complexity index is 639. The molecule has 0 aromatic rings. The third kappa shape index (κ3) is 3.24. The van der Waals surface area contributed by atoms with Crippen molar-refractivity contribution < 1.29 is 28.8 Å². The van der Waals surface area contributed by atoms with E-state index in [1.54, 1.807) is 0 Å². The average molecular weight is 410 g/mol. The zero-order valence-electron chi connectivity index (χ0n) is 17.9. The molecule has 6 aliphatic rings. The van der Waals surface area contributed by atoms with Gasteiger partial charge in [0.15, 0.2) is 11.9 Å². The summed E-state index contributed by atoms with van der Waals surface area (Å²) in [5, 5.41) is 3.15. The van der Waals surface area contributed by atoms with E-state index in [-0.39, 0.29) is 23.8 Å². The van der Waals surface area contributed by atoms with E-state index >= 15 is 0 Å². The molecule has 0 aromatic carbocycles. The largest absolute Gasteiger partial charge is 0.381 e. The normalized spacial score (nSPS) is 49.9. The number of rotatable bonds is 3. The number of hydrogen-bond donors (Lipinski definition) is 1. The van der Waals surface area contributed by atoms with Crippen LogP contribution < -0.4 is 5.32 Å². The molecule has 1 N–H and O–H groups in total. The molecule has 164 valence electrons. The molecule has 1 amide bonds. The molecule has 5 saturated heterocycles. The van der Waals surface area contributed by atoms with Crippen LogP contribution in [0, 0.1) is 29.6 Å². The molecule has 5 heterocycles. The first-order valence-electron chi connectivity index (χ1n) is 11.5. The summed E-state index contributed by atoms with van der Waals surface area (Å²) in [5.74, 6) is 0.899. The van der Waals surface area contributed by atoms with E-state index in [0.29, 0.717) is 37.5 Å². The van der Waals surface area contributed by atoms with E-state index in [1.165, 1.54) is 6.42 Å². The summed E-state index contributed by atoms with van der Waals surface area (Å²) in [5.41, 5.74) is -0.533. The van der Waals surface area contributed by atoms with E-state index in [4.69, 9.17) is 24.0 Å². The first-order valence-corrected chi connectivity index (χ1v) is 11.5. The van der Waals surface area contributed by atoms with Crippen molar-refractivity contribution in [2.45, 2.75) is 83.1 Å². The highest BCUT2D eigenvalue weighted by molar-refractivity contribution is 5.78. The zero-order valence-corrected chi connectivity index (χ0v) is 17.9. The molecule has 0 radical (unpaired) electrons. The highest BCUT2D eigenvalue weighted by Gasteiger charge is 2.69. The lowest BCUT2D eigenvalue weighted by Gasteiger charge is -2.60. The molecule has 1 spiro atoms. The maximum Gasteiger partial charge on any atom is 0.223 e. The predicted octanol–water partition coefficient (Wildman–Crippen LogP) is 2.78. The van der Waals surface area contributed by atoms with E-state index in [2.05, 4.69) is 19.2 Å². The summed E-state index contributed by atoms with van der Waals surface area (Å²) in [6.07, 6.45) is 5.19. The Balaban J connectivity index is 1.34. The second-order valence-corrected chi connectivity index (χ2v) is 10.1. The van der Waals surface area contributed by atoms with Gasteiger partial charge < -0.3 is 19.5 Å². The number of ether oxygens (including phenoxy) is 3. The van der Waals surface area contributed by atoms with Crippen molar-refractivity contribution in [3.63, 3.8) is 0 Å². The fourth-order valence-corrected chi connectivity index (χ4v) is 6.52. The van der Waals surface area contributed by atoms with Gasteiger partial charge in [0.25, 0.3) is 0 Å². The third-order valence-electron chi connectivity index (χ3n) is 8.36. The Morgan fingerprint density at radius 2 is 1.83 bits per heavy atom. The van der Waals surface area contributed by atoms with E-state index < -0.39 is 17.7 Å². The van der Waals surface area contributed by atoms with Crippen LogP contribution in [0.4, 0.5) is 0 Å². The third-order valence-corrected chi connectivity index (χ3v) is 8.36. The Kier molecular flexibility index (Phi) is 5.18. The summed E-state index contributed by atoms with van der Waals surface area (Å²) in [4.78, 5) is 24.7. The minimum Gasteiger partial charge on any atom is -0.381 e. The van der Waals surface area contributed by atoms with Crippen LogP contribution in [-0.2, 0) is 28.8 Å². The van der Waals surface area contributed by atoms with Crippen molar-refractivity contribution in [1.82, 2.24) is 5.32 Å². The Morgan fingerprint density at radius 3 is 2.62 bits per heavy atom. The molecule has 0 aromatic heterocycles. The maximum atomic E-state index is 12.6. The Labute approximate surface area is 173 Å². The Hall–Kier alpha value is -0.730. The molecule has 7 heteroatoms. The molecule has 7 nitrogen and oxygen atoms in total. The van der Waals surface area contributed by atoms with Gasteiger partial charge in [0.05, 0.1) is 6.10 Å². The fraction of sp³-hybridized carbons (Fsp3) is 0.955. The Morgan fingerprint density at radius 1 is 1.03 bits per heavy atom. The second kappa shape index (κ2) is 7.45. The van der Waals surface area contributed by atoms with Crippen molar-refractivity contribution in [3.8, 4) is 0 Å². The molecule has 5 aliphatic heterocycles. The topological polar surface area (TPSA) is 75.3 Å². The predicted molar refractivity (Wildman–Crippen MR) is 103 cm³/mol. The van der Waals surface area contributed by atoms with E-state index in [0.717, 1.165) is 32.1 Å². The number of carbonyl (C=O) groups is 1. The molecule has 6 rings (SSSR count). The molecular weight excluding hydrogens is 374 g/mol. The van der Waals surface area contributed by atoms with Gasteiger partial charge in [-0.3, -0.25) is 4.79 Å². The molecule has 29 heavy (non-hydrogen) atoms. The van der Waals surface area contributed by atoms with Crippen LogP contribution in [0.3, 0.4) is 0 Å². The number of hydrogen-bond acceptors (Lipinski definition) is 6. The smallest absolute Gasteiger partial charge is 0.223 e. The molecule has 0 unspecified atom stereocenters. The van der Waals surface area contributed by atoms with Gasteiger partial charge in [-0.1, -0.05) is 13.8 Å². The summed E-state index contributed by atoms with van der Waals surface area (Å²) in [7, 11) is 0. The van der Waals surface area contributed by atoms with Crippen molar-refractivity contribution in [2.24, 2.45) is 29.6 Å². The van der Waals surface area contributed by atoms with E-state index in [1.807, 2.05) is 6.92 Å². The van der Waals surface area contributed by atoms with Gasteiger partial charge in [-0.2, -0.15) is 0 Å². The van der Waals surface area contributed by atoms with Crippen LogP contribution in [0.1, 0.15) is 59.3 Å². The summed E-state index contributed by atoms with van der Waals surface area (Å²) >= 11 is 0. The SMILES string of the molecule is C[C@H]1[C@@H](CNC(=O)C2CCOCC2)O[C@@H]2O[C@@]3(C)CC[C@H]4[C@H](C)CC[C@@H]1[C@@]24OO3. The van der Waals surface area contributed by atoms with Crippen LogP contribution >= 0.6 is 0 Å². The standard InChI is InChI=1S/C22H35NO6/c1-13-4-5-17-14(2)18(12-23-19(24)15-7-10-25-11-8-15)26-20-22(17)16(13)6-9-21(3,27-20)28-29-22/h13-18,20H,4-12H2,1-3H3,(H,23,24)/t13-,14-,16+,17+,18-,20-,21-,22-/m1/s1. The van der Waals surface area contributed by atoms with Crippen molar-refractivity contribution in [1.29, 1.82) is 0 Å². The van der Waals surface area contributed by atoms with Crippen LogP contribution in [0.2, 0.25) is 0 Å². The lowest BCUT2D eigenvalue weighted by atomic mass is 9.57. The molecule has 6 fully saturated rings. The van der Waals surface area contributed by atoms with Gasteiger partial charge in [-0.05, 0) is 56.8 Å². The van der Waals surface area contributed by atoms with Crippen molar-refractivity contribution in [2.75, 3.05) is 19.8 Å². The zero-order chi connectivity index (χ0) is 20.2. The number of carbonyl (C=O) groups excluding carboxylic acids is 1. The monoisotopic (exact) mass is 409 g/mol. The molecule has 2 bridgehead atoms. The fourth-order valence-electron chi connectivity index (χ4n) is 6.52. The van der Waals surface area contributed by atoms with E-state index in [9.17, 15) is 4.79 Å². The average Bonchev–Trinajstić information content (AvgIpc) is 2.96. The van der Waals surface area contributed by atoms with Gasteiger partial charge in [0.2, 0.25) is 11.7 Å². The summed E-state index contributed by atoms with van der Waals surface area (Å²) in [6.45, 7) is 8.36. The van der Waals surface area contributed by atoms with Crippen molar-refractivity contribution in [3.05, 3.63) is 0 Å². The van der Waals surface area contributed by atoms with Crippen LogP contribution in [-0.4, -0.2) is 49.4 Å². The lowest BCUT2D eigenvalue weighted by molar-refractivity contribution is -0.570. The highest BCUT2D eigenvalue weighted by atomic mass is 17.3. The van der Waals surface area contributed by atoms with Gasteiger partial charge in [-0.25, -0.2) is 9.78 Å². The molecule has 1 aliphatic carbocycles. The first-order chi connectivity index (χ1) is 13.9. The van der Waals surface area contributed by atoms with Crippen LogP contribution in [0.15, 0.2) is 0 Å². The minimum atomic E-state index is -0.756. The minimum absolute atomic E-state index is 0.0506. The van der Waals surface area contributed by atoms with Crippen LogP contribution in [0.5, 0.6) is 0 Å². The van der Waals surface area contributed by atoms with Gasteiger partial charge in [-0.15, -0.1) is 0 Å². The molecule has 1 saturated carbocycles. The van der Waals surface area contributed by atoms with Gasteiger partial charge in [0, 0.05) is 38.0 Å². The number of nitrogens with one attached hydrogen (secondary N) is 1. The lowest BCUT2D eigenvalue weighted by Crippen LogP contribution is -2.71. The number of fused-ring (bicyclic) bond motifs is 2. The second-order valence-electron chi connectivity index (χ2n) is 10.1. The summed E-state index contributed by atoms with van der Waals surface area (Å²) in [6, 6.07) is 0.